The Labute approximate surface area is 123 Å². The SMILES string of the molecule is CCCCC(CC)CNC(=O)c1cc(Cl)nnc1Cl. The van der Waals surface area contributed by atoms with Crippen LogP contribution in [-0.4, -0.2) is 22.6 Å². The Bertz CT molecular complexity index is 426. The Hall–Kier alpha value is -0.870. The van der Waals surface area contributed by atoms with Gasteiger partial charge in [-0.2, -0.15) is 0 Å². The summed E-state index contributed by atoms with van der Waals surface area (Å²) in [6.07, 6.45) is 4.51. The van der Waals surface area contributed by atoms with E-state index in [0.29, 0.717) is 12.5 Å². The van der Waals surface area contributed by atoms with E-state index < -0.39 is 0 Å². The van der Waals surface area contributed by atoms with E-state index in [9.17, 15) is 4.79 Å². The molecule has 0 aliphatic heterocycles. The third-order valence-corrected chi connectivity index (χ3v) is 3.52. The van der Waals surface area contributed by atoms with Crippen molar-refractivity contribution in [3.63, 3.8) is 0 Å². The molecule has 0 radical (unpaired) electrons. The number of hydrogen-bond donors (Lipinski definition) is 1. The fourth-order valence-corrected chi connectivity index (χ4v) is 2.11. The van der Waals surface area contributed by atoms with Gasteiger partial charge in [-0.25, -0.2) is 0 Å². The molecule has 19 heavy (non-hydrogen) atoms. The van der Waals surface area contributed by atoms with Crippen LogP contribution in [-0.2, 0) is 0 Å². The fourth-order valence-electron chi connectivity index (χ4n) is 1.79. The Morgan fingerprint density at radius 2 is 2.11 bits per heavy atom. The molecule has 1 aromatic heterocycles. The molecule has 106 valence electrons. The van der Waals surface area contributed by atoms with Gasteiger partial charge in [0.2, 0.25) is 0 Å². The maximum Gasteiger partial charge on any atom is 0.254 e. The highest BCUT2D eigenvalue weighted by molar-refractivity contribution is 6.34. The van der Waals surface area contributed by atoms with E-state index in [0.717, 1.165) is 12.8 Å². The average Bonchev–Trinajstić information content (AvgIpc) is 2.41. The average molecular weight is 304 g/mol. The summed E-state index contributed by atoms with van der Waals surface area (Å²) in [5, 5.41) is 10.3. The number of carbonyl (C=O) groups excluding carboxylic acids is 1. The number of carbonyl (C=O) groups is 1. The maximum atomic E-state index is 12.0. The van der Waals surface area contributed by atoms with Crippen molar-refractivity contribution in [2.45, 2.75) is 39.5 Å². The van der Waals surface area contributed by atoms with Gasteiger partial charge in [-0.05, 0) is 18.4 Å². The number of rotatable bonds is 7. The number of hydrogen-bond acceptors (Lipinski definition) is 3. The van der Waals surface area contributed by atoms with E-state index in [2.05, 4.69) is 29.4 Å². The molecule has 0 fully saturated rings. The first kappa shape index (κ1) is 16.2. The molecule has 6 heteroatoms. The summed E-state index contributed by atoms with van der Waals surface area (Å²) in [6.45, 7) is 4.94. The van der Waals surface area contributed by atoms with Gasteiger partial charge in [-0.3, -0.25) is 4.79 Å². The second-order valence-corrected chi connectivity index (χ2v) is 5.24. The van der Waals surface area contributed by atoms with Gasteiger partial charge in [-0.1, -0.05) is 56.3 Å². The molecule has 0 aromatic carbocycles. The molecule has 1 heterocycles. The normalized spacial score (nSPS) is 12.2. The fraction of sp³-hybridized carbons (Fsp3) is 0.615. The summed E-state index contributed by atoms with van der Waals surface area (Å²) in [5.74, 6) is 0.240. The Morgan fingerprint density at radius 1 is 1.37 bits per heavy atom. The van der Waals surface area contributed by atoms with Crippen molar-refractivity contribution >= 4 is 29.1 Å². The standard InChI is InChI=1S/C13H19Cl2N3O/c1-3-5-6-9(4-2)8-16-13(19)10-7-11(14)17-18-12(10)15/h7,9H,3-6,8H2,1-2H3,(H,16,19). The Balaban J connectivity index is 2.56. The van der Waals surface area contributed by atoms with Crippen LogP contribution in [0, 0.1) is 5.92 Å². The number of nitrogens with one attached hydrogen (secondary N) is 1. The van der Waals surface area contributed by atoms with Gasteiger partial charge in [0.1, 0.15) is 0 Å². The molecule has 0 aliphatic rings. The van der Waals surface area contributed by atoms with E-state index in [4.69, 9.17) is 23.2 Å². The van der Waals surface area contributed by atoms with Crippen molar-refractivity contribution in [1.29, 1.82) is 0 Å². The maximum absolute atomic E-state index is 12.0. The van der Waals surface area contributed by atoms with Crippen LogP contribution in [0.1, 0.15) is 49.9 Å². The second kappa shape index (κ2) is 8.33. The van der Waals surface area contributed by atoms with Crippen LogP contribution in [0.15, 0.2) is 6.07 Å². The van der Waals surface area contributed by atoms with E-state index >= 15 is 0 Å². The number of unbranched alkanes of at least 4 members (excludes halogenated alkanes) is 1. The quantitative estimate of drug-likeness (QED) is 0.835. The van der Waals surface area contributed by atoms with Crippen molar-refractivity contribution < 1.29 is 4.79 Å². The highest BCUT2D eigenvalue weighted by Crippen LogP contribution is 2.16. The molecule has 4 nitrogen and oxygen atoms in total. The van der Waals surface area contributed by atoms with Crippen molar-refractivity contribution in [2.75, 3.05) is 6.54 Å². The minimum atomic E-state index is -0.253. The highest BCUT2D eigenvalue weighted by atomic mass is 35.5. The lowest BCUT2D eigenvalue weighted by atomic mass is 9.99. The molecule has 0 saturated heterocycles. The predicted molar refractivity (Wildman–Crippen MR) is 77.7 cm³/mol. The topological polar surface area (TPSA) is 54.9 Å². The number of halogens is 2. The zero-order chi connectivity index (χ0) is 14.3. The molecule has 0 saturated carbocycles. The summed E-state index contributed by atoms with van der Waals surface area (Å²) >= 11 is 11.5. The monoisotopic (exact) mass is 303 g/mol. The molecule has 0 bridgehead atoms. The first-order valence-corrected chi connectivity index (χ1v) is 7.31. The predicted octanol–water partition coefficient (Wildman–Crippen LogP) is 3.73. The summed E-state index contributed by atoms with van der Waals surface area (Å²) in [5.41, 5.74) is 0.270. The van der Waals surface area contributed by atoms with Gasteiger partial charge >= 0.3 is 0 Å². The molecule has 1 atom stereocenters. The van der Waals surface area contributed by atoms with Crippen molar-refractivity contribution in [2.24, 2.45) is 5.92 Å². The van der Waals surface area contributed by atoms with Crippen LogP contribution in [0.25, 0.3) is 0 Å². The van der Waals surface area contributed by atoms with E-state index in [1.54, 1.807) is 0 Å². The molecule has 0 aliphatic carbocycles. The minimum absolute atomic E-state index is 0.0727. The zero-order valence-electron chi connectivity index (χ0n) is 11.2. The summed E-state index contributed by atoms with van der Waals surface area (Å²) in [7, 11) is 0. The molecule has 1 N–H and O–H groups in total. The largest absolute Gasteiger partial charge is 0.352 e. The van der Waals surface area contributed by atoms with Crippen LogP contribution < -0.4 is 5.32 Å². The lowest BCUT2D eigenvalue weighted by Crippen LogP contribution is -2.29. The Kier molecular flexibility index (Phi) is 7.10. The lowest BCUT2D eigenvalue weighted by molar-refractivity contribution is 0.0945. The van der Waals surface area contributed by atoms with Gasteiger partial charge in [0.15, 0.2) is 10.3 Å². The molecule has 1 rings (SSSR count). The van der Waals surface area contributed by atoms with Crippen LogP contribution >= 0.6 is 23.2 Å². The number of nitrogens with zero attached hydrogens (tertiary/aromatic N) is 2. The van der Waals surface area contributed by atoms with Gasteiger partial charge in [-0.15, -0.1) is 10.2 Å². The van der Waals surface area contributed by atoms with Crippen LogP contribution in [0.3, 0.4) is 0 Å². The molecule has 1 unspecified atom stereocenters. The van der Waals surface area contributed by atoms with Crippen molar-refractivity contribution in [3.05, 3.63) is 21.9 Å². The number of amides is 1. The van der Waals surface area contributed by atoms with Gasteiger partial charge in [0.05, 0.1) is 5.56 Å². The molecule has 1 amide bonds. The minimum Gasteiger partial charge on any atom is -0.352 e. The second-order valence-electron chi connectivity index (χ2n) is 4.50. The van der Waals surface area contributed by atoms with Crippen molar-refractivity contribution in [1.82, 2.24) is 15.5 Å². The van der Waals surface area contributed by atoms with Crippen LogP contribution in [0.5, 0.6) is 0 Å². The lowest BCUT2D eigenvalue weighted by Gasteiger charge is -2.15. The van der Waals surface area contributed by atoms with Crippen LogP contribution in [0.4, 0.5) is 0 Å². The first-order valence-electron chi connectivity index (χ1n) is 6.55. The Morgan fingerprint density at radius 3 is 2.74 bits per heavy atom. The summed E-state index contributed by atoms with van der Waals surface area (Å²) in [6, 6.07) is 1.43. The summed E-state index contributed by atoms with van der Waals surface area (Å²) in [4.78, 5) is 12.0. The van der Waals surface area contributed by atoms with Crippen molar-refractivity contribution in [3.8, 4) is 0 Å². The molecular weight excluding hydrogens is 285 g/mol. The third-order valence-electron chi connectivity index (χ3n) is 3.06. The molecule has 0 spiro atoms. The number of aromatic nitrogens is 2. The highest BCUT2D eigenvalue weighted by Gasteiger charge is 2.14. The first-order chi connectivity index (χ1) is 9.08. The molecule has 1 aromatic rings. The smallest absolute Gasteiger partial charge is 0.254 e. The van der Waals surface area contributed by atoms with Gasteiger partial charge in [0.25, 0.3) is 5.91 Å². The van der Waals surface area contributed by atoms with Gasteiger partial charge < -0.3 is 5.32 Å². The summed E-state index contributed by atoms with van der Waals surface area (Å²) < 4.78 is 0. The van der Waals surface area contributed by atoms with E-state index in [1.165, 1.54) is 18.9 Å². The van der Waals surface area contributed by atoms with Gasteiger partial charge in [0, 0.05) is 6.54 Å². The zero-order valence-corrected chi connectivity index (χ0v) is 12.8. The van der Waals surface area contributed by atoms with E-state index in [-0.39, 0.29) is 21.8 Å². The van der Waals surface area contributed by atoms with Crippen LogP contribution in [0.2, 0.25) is 10.3 Å². The third kappa shape index (κ3) is 5.33. The van der Waals surface area contributed by atoms with E-state index in [1.807, 2.05) is 0 Å². The molecular formula is C13H19Cl2N3O.